The van der Waals surface area contributed by atoms with Crippen LogP contribution in [0.2, 0.25) is 0 Å². The van der Waals surface area contributed by atoms with Gasteiger partial charge in [-0.1, -0.05) is 36.4 Å². The maximum absolute atomic E-state index is 13.2. The molecule has 6 heteroatoms. The number of nitrogens with zero attached hydrogens (tertiary/aromatic N) is 3. The lowest BCUT2D eigenvalue weighted by atomic mass is 10.1. The van der Waals surface area contributed by atoms with E-state index < -0.39 is 0 Å². The Labute approximate surface area is 174 Å². The van der Waals surface area contributed by atoms with Gasteiger partial charge in [0, 0.05) is 36.8 Å². The van der Waals surface area contributed by atoms with Gasteiger partial charge in [-0.3, -0.25) is 9.59 Å². The fourth-order valence-electron chi connectivity index (χ4n) is 4.06. The number of carbonyl (C=O) groups excluding carboxylic acids is 2. The Hall–Kier alpha value is -3.67. The van der Waals surface area contributed by atoms with Gasteiger partial charge in [-0.2, -0.15) is 0 Å². The number of carbonyl (C=O) groups is 2. The molecule has 0 saturated heterocycles. The summed E-state index contributed by atoms with van der Waals surface area (Å²) >= 11 is 0. The van der Waals surface area contributed by atoms with Crippen LogP contribution in [0.15, 0.2) is 66.9 Å². The maximum atomic E-state index is 13.2. The van der Waals surface area contributed by atoms with E-state index in [1.54, 1.807) is 22.1 Å². The molecule has 3 aromatic rings. The molecule has 0 bridgehead atoms. The highest BCUT2D eigenvalue weighted by Gasteiger charge is 2.28. The van der Waals surface area contributed by atoms with Gasteiger partial charge in [-0.05, 0) is 36.2 Å². The van der Waals surface area contributed by atoms with E-state index in [1.165, 1.54) is 5.56 Å². The lowest BCUT2D eigenvalue weighted by molar-refractivity contribution is -0.123. The van der Waals surface area contributed by atoms with Crippen molar-refractivity contribution < 1.29 is 14.3 Å². The Morgan fingerprint density at radius 2 is 1.53 bits per heavy atom. The first-order valence-corrected chi connectivity index (χ1v) is 10.1. The number of benzene rings is 2. The van der Waals surface area contributed by atoms with Crippen LogP contribution in [-0.2, 0) is 22.6 Å². The van der Waals surface area contributed by atoms with Crippen molar-refractivity contribution in [1.29, 1.82) is 0 Å². The number of pyridine rings is 1. The number of amides is 2. The van der Waals surface area contributed by atoms with Gasteiger partial charge in [0.15, 0.2) is 0 Å². The van der Waals surface area contributed by atoms with E-state index in [4.69, 9.17) is 4.74 Å². The number of para-hydroxylation sites is 2. The molecule has 0 aliphatic carbocycles. The summed E-state index contributed by atoms with van der Waals surface area (Å²) in [6.07, 6.45) is 2.80. The minimum absolute atomic E-state index is 0.0221. The smallest absolute Gasteiger partial charge is 0.243 e. The summed E-state index contributed by atoms with van der Waals surface area (Å²) in [5.41, 5.74) is 3.67. The molecule has 30 heavy (non-hydrogen) atoms. The Morgan fingerprint density at radius 3 is 2.40 bits per heavy atom. The van der Waals surface area contributed by atoms with Crippen molar-refractivity contribution >= 4 is 23.2 Å². The lowest BCUT2D eigenvalue weighted by Crippen LogP contribution is -2.33. The topological polar surface area (TPSA) is 62.7 Å². The molecule has 2 amide bonds. The fraction of sp³-hybridized carbons (Fsp3) is 0.208. The van der Waals surface area contributed by atoms with Gasteiger partial charge in [0.1, 0.15) is 11.4 Å². The highest BCUT2D eigenvalue weighted by Crippen LogP contribution is 2.37. The van der Waals surface area contributed by atoms with E-state index in [-0.39, 0.29) is 24.7 Å². The zero-order chi connectivity index (χ0) is 20.5. The fourth-order valence-corrected chi connectivity index (χ4v) is 4.06. The predicted molar refractivity (Wildman–Crippen MR) is 114 cm³/mol. The second kappa shape index (κ2) is 7.63. The maximum Gasteiger partial charge on any atom is 0.243 e. The van der Waals surface area contributed by atoms with Gasteiger partial charge in [-0.25, -0.2) is 4.98 Å². The summed E-state index contributed by atoms with van der Waals surface area (Å²) in [6.45, 7) is 1.05. The Kier molecular flexibility index (Phi) is 4.67. The molecule has 2 aromatic carbocycles. The molecule has 0 radical (unpaired) electrons. The van der Waals surface area contributed by atoms with Crippen LogP contribution in [0.3, 0.4) is 0 Å². The van der Waals surface area contributed by atoms with Gasteiger partial charge in [0.2, 0.25) is 17.7 Å². The van der Waals surface area contributed by atoms with Crippen molar-refractivity contribution in [3.63, 3.8) is 0 Å². The molecule has 2 aliphatic rings. The minimum Gasteiger partial charge on any atom is -0.437 e. The largest absolute Gasteiger partial charge is 0.437 e. The summed E-state index contributed by atoms with van der Waals surface area (Å²) in [5.74, 6) is 0.949. The number of ether oxygens (including phenoxy) is 1. The Balaban J connectivity index is 1.34. The van der Waals surface area contributed by atoms with E-state index in [9.17, 15) is 9.59 Å². The van der Waals surface area contributed by atoms with Crippen LogP contribution in [0.5, 0.6) is 11.6 Å². The van der Waals surface area contributed by atoms with Crippen LogP contribution in [0.1, 0.15) is 24.0 Å². The highest BCUT2D eigenvalue weighted by atomic mass is 16.5. The monoisotopic (exact) mass is 399 g/mol. The van der Waals surface area contributed by atoms with Gasteiger partial charge in [0.05, 0.1) is 6.54 Å². The van der Waals surface area contributed by atoms with E-state index in [0.717, 1.165) is 17.7 Å². The second-order valence-electron chi connectivity index (χ2n) is 7.44. The zero-order valence-electron chi connectivity index (χ0n) is 16.5. The summed E-state index contributed by atoms with van der Waals surface area (Å²) in [6, 6.07) is 19.2. The zero-order valence-corrected chi connectivity index (χ0v) is 16.5. The molecule has 0 unspecified atom stereocenters. The molecule has 6 nitrogen and oxygen atoms in total. The molecule has 2 aliphatic heterocycles. The van der Waals surface area contributed by atoms with Crippen LogP contribution < -0.4 is 14.5 Å². The van der Waals surface area contributed by atoms with Crippen molar-refractivity contribution in [3.8, 4) is 11.6 Å². The standard InChI is InChI=1S/C24H21N3O3/c28-22(26-15-13-17-6-1-3-8-19(17)26)11-12-23(29)27-16-18-7-2-4-10-21(18)30-24-20(27)9-5-14-25-24/h1-10,14H,11-13,15-16H2. The van der Waals surface area contributed by atoms with Gasteiger partial charge in [0.25, 0.3) is 0 Å². The van der Waals surface area contributed by atoms with Gasteiger partial charge >= 0.3 is 0 Å². The van der Waals surface area contributed by atoms with Crippen LogP contribution >= 0.6 is 0 Å². The SMILES string of the molecule is O=C(CCC(=O)N1Cc2ccccc2Oc2ncccc21)N1CCc2ccccc21. The minimum atomic E-state index is -0.120. The number of fused-ring (bicyclic) bond motifs is 3. The van der Waals surface area contributed by atoms with Crippen LogP contribution in [0.25, 0.3) is 0 Å². The summed E-state index contributed by atoms with van der Waals surface area (Å²) in [4.78, 5) is 33.7. The number of hydrogen-bond acceptors (Lipinski definition) is 4. The molecule has 0 spiro atoms. The third kappa shape index (κ3) is 3.30. The molecule has 0 fully saturated rings. The third-order valence-corrected chi connectivity index (χ3v) is 5.59. The van der Waals surface area contributed by atoms with Crippen molar-refractivity contribution in [1.82, 2.24) is 4.98 Å². The molecule has 3 heterocycles. The number of rotatable bonds is 3. The predicted octanol–water partition coefficient (Wildman–Crippen LogP) is 4.09. The van der Waals surface area contributed by atoms with E-state index in [2.05, 4.69) is 4.98 Å². The quantitative estimate of drug-likeness (QED) is 0.666. The average molecular weight is 399 g/mol. The molecular formula is C24H21N3O3. The molecule has 1 aromatic heterocycles. The van der Waals surface area contributed by atoms with Crippen LogP contribution in [-0.4, -0.2) is 23.3 Å². The van der Waals surface area contributed by atoms with E-state index >= 15 is 0 Å². The number of hydrogen-bond donors (Lipinski definition) is 0. The highest BCUT2D eigenvalue weighted by molar-refractivity contribution is 6.00. The van der Waals surface area contributed by atoms with Crippen molar-refractivity contribution in [2.75, 3.05) is 16.3 Å². The molecule has 5 rings (SSSR count). The Bertz CT molecular complexity index is 1130. The molecule has 0 N–H and O–H groups in total. The first-order valence-electron chi connectivity index (χ1n) is 10.1. The normalized spacial score (nSPS) is 14.3. The first kappa shape index (κ1) is 18.4. The average Bonchev–Trinajstić information content (AvgIpc) is 3.13. The first-order chi connectivity index (χ1) is 14.7. The number of aromatic nitrogens is 1. The number of anilines is 2. The van der Waals surface area contributed by atoms with Crippen LogP contribution in [0.4, 0.5) is 11.4 Å². The second-order valence-corrected chi connectivity index (χ2v) is 7.44. The molecular weight excluding hydrogens is 378 g/mol. The van der Waals surface area contributed by atoms with E-state index in [0.29, 0.717) is 30.4 Å². The molecule has 0 atom stereocenters. The van der Waals surface area contributed by atoms with Crippen LogP contribution in [0, 0.1) is 0 Å². The third-order valence-electron chi connectivity index (χ3n) is 5.59. The Morgan fingerprint density at radius 1 is 0.833 bits per heavy atom. The van der Waals surface area contributed by atoms with Gasteiger partial charge in [-0.15, -0.1) is 0 Å². The van der Waals surface area contributed by atoms with Crippen molar-refractivity contribution in [3.05, 3.63) is 78.0 Å². The molecule has 150 valence electrons. The summed E-state index contributed by atoms with van der Waals surface area (Å²) in [7, 11) is 0. The summed E-state index contributed by atoms with van der Waals surface area (Å²) < 4.78 is 5.95. The van der Waals surface area contributed by atoms with E-state index in [1.807, 2.05) is 54.6 Å². The van der Waals surface area contributed by atoms with Gasteiger partial charge < -0.3 is 14.5 Å². The van der Waals surface area contributed by atoms with Crippen molar-refractivity contribution in [2.45, 2.75) is 25.8 Å². The summed E-state index contributed by atoms with van der Waals surface area (Å²) in [5, 5.41) is 0. The lowest BCUT2D eigenvalue weighted by Gasteiger charge is -2.22. The van der Waals surface area contributed by atoms with Crippen molar-refractivity contribution in [2.24, 2.45) is 0 Å². The molecule has 0 saturated carbocycles.